The molecule has 152 valence electrons. The van der Waals surface area contributed by atoms with Crippen molar-refractivity contribution < 1.29 is 19.3 Å². The van der Waals surface area contributed by atoms with Gasteiger partial charge in [0.05, 0.1) is 13.2 Å². The lowest BCUT2D eigenvalue weighted by Crippen LogP contribution is -2.33. The topological polar surface area (TPSA) is 47.9 Å². The van der Waals surface area contributed by atoms with Crippen molar-refractivity contribution in [3.63, 3.8) is 0 Å². The fourth-order valence-corrected chi connectivity index (χ4v) is 5.15. The zero-order valence-corrected chi connectivity index (χ0v) is 18.0. The first-order chi connectivity index (χ1) is 12.7. The molecule has 1 aromatic carbocycles. The third kappa shape index (κ3) is 3.53. The zero-order valence-electron chi connectivity index (χ0n) is 18.0. The van der Waals surface area contributed by atoms with Gasteiger partial charge in [-0.25, -0.2) is 0 Å². The van der Waals surface area contributed by atoms with Gasteiger partial charge in [-0.15, -0.1) is 0 Å². The van der Waals surface area contributed by atoms with Gasteiger partial charge in [-0.05, 0) is 41.6 Å². The van der Waals surface area contributed by atoms with Crippen molar-refractivity contribution in [2.75, 3.05) is 13.9 Å². The molecule has 0 spiro atoms. The van der Waals surface area contributed by atoms with Gasteiger partial charge in [0, 0.05) is 11.1 Å². The summed E-state index contributed by atoms with van der Waals surface area (Å²) in [5.41, 5.74) is 2.04. The van der Waals surface area contributed by atoms with Crippen molar-refractivity contribution in [2.45, 2.75) is 72.8 Å². The van der Waals surface area contributed by atoms with Crippen molar-refractivity contribution in [2.24, 2.45) is 23.2 Å². The molecule has 2 aliphatic rings. The molecule has 0 saturated heterocycles. The third-order valence-corrected chi connectivity index (χ3v) is 7.09. The molecule has 27 heavy (non-hydrogen) atoms. The molecule has 1 heterocycles. The summed E-state index contributed by atoms with van der Waals surface area (Å²) >= 11 is 0. The second-order valence-electron chi connectivity index (χ2n) is 9.47. The van der Waals surface area contributed by atoms with E-state index in [9.17, 15) is 5.11 Å². The highest BCUT2D eigenvalue weighted by Crippen LogP contribution is 2.53. The van der Waals surface area contributed by atoms with E-state index in [0.717, 1.165) is 34.8 Å². The van der Waals surface area contributed by atoms with Gasteiger partial charge >= 0.3 is 0 Å². The van der Waals surface area contributed by atoms with E-state index in [-0.39, 0.29) is 24.0 Å². The quantitative estimate of drug-likeness (QED) is 0.687. The number of rotatable bonds is 4. The summed E-state index contributed by atoms with van der Waals surface area (Å²) in [6.07, 6.45) is 2.99. The van der Waals surface area contributed by atoms with Gasteiger partial charge in [0.25, 0.3) is 0 Å². The van der Waals surface area contributed by atoms with Gasteiger partial charge in [-0.3, -0.25) is 0 Å². The van der Waals surface area contributed by atoms with E-state index >= 15 is 0 Å². The first-order valence-electron chi connectivity index (χ1n) is 10.4. The molecule has 1 aliphatic carbocycles. The number of hydrogen-bond acceptors (Lipinski definition) is 4. The van der Waals surface area contributed by atoms with Crippen LogP contribution < -0.4 is 14.2 Å². The molecule has 1 N–H and O–H groups in total. The van der Waals surface area contributed by atoms with E-state index in [1.807, 2.05) is 6.07 Å². The van der Waals surface area contributed by atoms with Crippen LogP contribution in [-0.2, 0) is 0 Å². The number of aliphatic hydroxyl groups excluding tert-OH is 1. The largest absolute Gasteiger partial charge is 0.496 e. The van der Waals surface area contributed by atoms with Crippen molar-refractivity contribution >= 4 is 0 Å². The van der Waals surface area contributed by atoms with Crippen LogP contribution in [0.15, 0.2) is 6.07 Å². The summed E-state index contributed by atoms with van der Waals surface area (Å²) in [6, 6.07) is 1.94. The van der Waals surface area contributed by atoms with Gasteiger partial charge < -0.3 is 19.3 Å². The summed E-state index contributed by atoms with van der Waals surface area (Å²) in [5, 5.41) is 11.6. The van der Waals surface area contributed by atoms with E-state index in [2.05, 4.69) is 41.5 Å². The maximum Gasteiger partial charge on any atom is 0.231 e. The number of ether oxygens (including phenoxy) is 3. The van der Waals surface area contributed by atoms with E-state index < -0.39 is 6.10 Å². The minimum atomic E-state index is -0.589. The lowest BCUT2D eigenvalue weighted by Gasteiger charge is -2.40. The Morgan fingerprint density at radius 1 is 1.22 bits per heavy atom. The highest BCUT2D eigenvalue weighted by atomic mass is 16.7. The van der Waals surface area contributed by atoms with Crippen LogP contribution in [0.25, 0.3) is 0 Å². The summed E-state index contributed by atoms with van der Waals surface area (Å²) in [6.45, 7) is 13.7. The molecule has 0 radical (unpaired) electrons. The highest BCUT2D eigenvalue weighted by Gasteiger charge is 2.43. The maximum atomic E-state index is 11.6. The molecule has 1 aromatic rings. The second kappa shape index (κ2) is 7.54. The van der Waals surface area contributed by atoms with Crippen LogP contribution in [0.4, 0.5) is 0 Å². The predicted molar refractivity (Wildman–Crippen MR) is 108 cm³/mol. The van der Waals surface area contributed by atoms with Gasteiger partial charge in [-0.1, -0.05) is 54.4 Å². The molecule has 1 aliphatic heterocycles. The Morgan fingerprint density at radius 2 is 1.93 bits per heavy atom. The number of fused-ring (bicyclic) bond motifs is 1. The Kier molecular flexibility index (Phi) is 5.67. The summed E-state index contributed by atoms with van der Waals surface area (Å²) in [4.78, 5) is 0. The molecule has 0 bridgehead atoms. The van der Waals surface area contributed by atoms with E-state index in [1.54, 1.807) is 7.11 Å². The zero-order chi connectivity index (χ0) is 19.9. The van der Waals surface area contributed by atoms with Crippen molar-refractivity contribution in [3.8, 4) is 17.2 Å². The third-order valence-electron chi connectivity index (χ3n) is 7.09. The first kappa shape index (κ1) is 20.3. The smallest absolute Gasteiger partial charge is 0.231 e. The number of hydrogen-bond donors (Lipinski definition) is 1. The molecule has 0 aromatic heterocycles. The van der Waals surface area contributed by atoms with E-state index in [4.69, 9.17) is 14.2 Å². The Balaban J connectivity index is 2.11. The monoisotopic (exact) mass is 376 g/mol. The summed E-state index contributed by atoms with van der Waals surface area (Å²) < 4.78 is 17.3. The lowest BCUT2D eigenvalue weighted by atomic mass is 9.67. The number of methoxy groups -OCH3 is 1. The van der Waals surface area contributed by atoms with Gasteiger partial charge in [0.1, 0.15) is 5.75 Å². The normalized spacial score (nSPS) is 28.1. The molecule has 1 fully saturated rings. The van der Waals surface area contributed by atoms with Crippen molar-refractivity contribution in [1.82, 2.24) is 0 Å². The predicted octanol–water partition coefficient (Wildman–Crippen LogP) is 5.68. The van der Waals surface area contributed by atoms with Crippen LogP contribution in [0.2, 0.25) is 0 Å². The molecule has 3 rings (SSSR count). The summed E-state index contributed by atoms with van der Waals surface area (Å²) in [7, 11) is 1.68. The molecular weight excluding hydrogens is 340 g/mol. The fourth-order valence-electron chi connectivity index (χ4n) is 5.15. The van der Waals surface area contributed by atoms with Gasteiger partial charge in [0.15, 0.2) is 11.5 Å². The average Bonchev–Trinajstić information content (AvgIpc) is 3.03. The standard InChI is InChI=1S/C23H36O4/c1-13(2)18-21(25-7)16(11-17-22(18)27-12-26-17)20(24)19-14(3)9-8-10-23(5,6)15(19)4/h11,13-15,19-20,24H,8-10,12H2,1-7H3. The Labute approximate surface area is 164 Å². The van der Waals surface area contributed by atoms with Crippen LogP contribution in [-0.4, -0.2) is 19.0 Å². The van der Waals surface area contributed by atoms with E-state index in [0.29, 0.717) is 11.8 Å². The Morgan fingerprint density at radius 3 is 2.56 bits per heavy atom. The van der Waals surface area contributed by atoms with Crippen LogP contribution >= 0.6 is 0 Å². The molecule has 0 amide bonds. The molecule has 4 atom stereocenters. The second-order valence-corrected chi connectivity index (χ2v) is 9.47. The summed E-state index contributed by atoms with van der Waals surface area (Å²) in [5.74, 6) is 3.49. The molecule has 4 heteroatoms. The van der Waals surface area contributed by atoms with Crippen LogP contribution in [0.1, 0.15) is 84.0 Å². The highest BCUT2D eigenvalue weighted by molar-refractivity contribution is 5.61. The Bertz CT molecular complexity index is 679. The first-order valence-corrected chi connectivity index (χ1v) is 10.4. The van der Waals surface area contributed by atoms with Gasteiger partial charge in [0.2, 0.25) is 6.79 Å². The van der Waals surface area contributed by atoms with Crippen molar-refractivity contribution in [1.29, 1.82) is 0 Å². The number of benzene rings is 1. The fraction of sp³-hybridized carbons (Fsp3) is 0.739. The molecule has 4 nitrogen and oxygen atoms in total. The van der Waals surface area contributed by atoms with Crippen LogP contribution in [0.3, 0.4) is 0 Å². The van der Waals surface area contributed by atoms with E-state index in [1.165, 1.54) is 12.8 Å². The van der Waals surface area contributed by atoms with Crippen LogP contribution in [0, 0.1) is 23.2 Å². The molecule has 1 saturated carbocycles. The minimum absolute atomic E-state index is 0.178. The minimum Gasteiger partial charge on any atom is -0.496 e. The number of aliphatic hydroxyl groups is 1. The maximum absolute atomic E-state index is 11.6. The van der Waals surface area contributed by atoms with Crippen molar-refractivity contribution in [3.05, 3.63) is 17.2 Å². The SMILES string of the molecule is COc1c(C(O)C2C(C)CCCC(C)(C)C2C)cc2c(c1C(C)C)OCO2. The van der Waals surface area contributed by atoms with Gasteiger partial charge in [-0.2, -0.15) is 0 Å². The average molecular weight is 377 g/mol. The Hall–Kier alpha value is -1.42. The lowest BCUT2D eigenvalue weighted by molar-refractivity contribution is 0.00809. The molecule has 4 unspecified atom stereocenters. The van der Waals surface area contributed by atoms with Crippen LogP contribution in [0.5, 0.6) is 17.2 Å². The molecular formula is C23H36O4.